The van der Waals surface area contributed by atoms with Gasteiger partial charge in [0, 0.05) is 5.56 Å². The molecule has 1 N–H and O–H groups in total. The van der Waals surface area contributed by atoms with Crippen LogP contribution < -0.4 is 24.4 Å². The van der Waals surface area contributed by atoms with Crippen molar-refractivity contribution in [1.82, 2.24) is 5.43 Å². The molecule has 3 aromatic carbocycles. The summed E-state index contributed by atoms with van der Waals surface area (Å²) < 4.78 is 35.4. The zero-order chi connectivity index (χ0) is 25.0. The molecule has 0 aromatic heterocycles. The smallest absolute Gasteiger partial charge is 0.271 e. The molecule has 0 aliphatic rings. The average Bonchev–Trinajstić information content (AvgIpc) is 2.88. The standard InChI is InChI=1S/C27H27FN2O5/c1-4-14-34-24-13-9-21(16-26(24)33-5-2)27(31)30-29-17-20-8-12-23(25(15-20)32-3)35-18-19-6-10-22(28)11-7-19/h4,6-13,15-17H,1,5,14,18H2,2-3H3,(H,30,31)/b29-17+. The topological polar surface area (TPSA) is 78.4 Å². The molecule has 0 unspecified atom stereocenters. The number of carbonyl (C=O) groups is 1. The van der Waals surface area contributed by atoms with Gasteiger partial charge in [0.15, 0.2) is 23.0 Å². The Hall–Kier alpha value is -4.33. The van der Waals surface area contributed by atoms with E-state index in [1.54, 1.807) is 54.6 Å². The van der Waals surface area contributed by atoms with Gasteiger partial charge < -0.3 is 18.9 Å². The maximum atomic E-state index is 13.1. The predicted octanol–water partition coefficient (Wildman–Crippen LogP) is 5.14. The van der Waals surface area contributed by atoms with Gasteiger partial charge >= 0.3 is 0 Å². The van der Waals surface area contributed by atoms with Crippen molar-refractivity contribution in [3.05, 3.63) is 95.8 Å². The zero-order valence-corrected chi connectivity index (χ0v) is 19.6. The first-order valence-electron chi connectivity index (χ1n) is 10.9. The quantitative estimate of drug-likeness (QED) is 0.222. The number of ether oxygens (including phenoxy) is 4. The summed E-state index contributed by atoms with van der Waals surface area (Å²) in [5.74, 6) is 1.32. The summed E-state index contributed by atoms with van der Waals surface area (Å²) in [7, 11) is 1.53. The Labute approximate surface area is 203 Å². The van der Waals surface area contributed by atoms with E-state index in [1.807, 2.05) is 6.92 Å². The van der Waals surface area contributed by atoms with Crippen molar-refractivity contribution in [2.75, 3.05) is 20.3 Å². The molecule has 0 aliphatic heterocycles. The van der Waals surface area contributed by atoms with Gasteiger partial charge in [-0.05, 0) is 66.6 Å². The summed E-state index contributed by atoms with van der Waals surface area (Å²) in [4.78, 5) is 12.5. The first-order valence-corrected chi connectivity index (χ1v) is 10.9. The number of amides is 1. The third-order valence-corrected chi connectivity index (χ3v) is 4.74. The highest BCUT2D eigenvalue weighted by Crippen LogP contribution is 2.29. The highest BCUT2D eigenvalue weighted by Gasteiger charge is 2.11. The number of hydrazone groups is 1. The van der Waals surface area contributed by atoms with Gasteiger partial charge in [0.05, 0.1) is 19.9 Å². The first kappa shape index (κ1) is 25.3. The zero-order valence-electron chi connectivity index (χ0n) is 19.6. The minimum absolute atomic E-state index is 0.265. The lowest BCUT2D eigenvalue weighted by Crippen LogP contribution is -2.17. The van der Waals surface area contributed by atoms with E-state index in [0.717, 1.165) is 5.56 Å². The minimum atomic E-state index is -0.399. The molecule has 35 heavy (non-hydrogen) atoms. The average molecular weight is 479 g/mol. The molecule has 1 amide bonds. The van der Waals surface area contributed by atoms with Crippen LogP contribution in [0.1, 0.15) is 28.4 Å². The second kappa shape index (κ2) is 12.8. The molecule has 7 nitrogen and oxygen atoms in total. The van der Waals surface area contributed by atoms with Crippen LogP contribution >= 0.6 is 0 Å². The molecule has 0 aliphatic carbocycles. The summed E-state index contributed by atoms with van der Waals surface area (Å²) >= 11 is 0. The van der Waals surface area contributed by atoms with Gasteiger partial charge in [-0.3, -0.25) is 4.79 Å². The lowest BCUT2D eigenvalue weighted by Gasteiger charge is -2.12. The summed E-state index contributed by atoms with van der Waals surface area (Å²) in [5, 5.41) is 4.03. The van der Waals surface area contributed by atoms with E-state index in [0.29, 0.717) is 47.3 Å². The summed E-state index contributed by atoms with van der Waals surface area (Å²) in [6.07, 6.45) is 3.12. The van der Waals surface area contributed by atoms with Gasteiger partial charge in [0.25, 0.3) is 5.91 Å². The maximum absolute atomic E-state index is 13.1. The number of benzene rings is 3. The number of carbonyl (C=O) groups excluding carboxylic acids is 1. The third-order valence-electron chi connectivity index (χ3n) is 4.74. The molecule has 0 spiro atoms. The van der Waals surface area contributed by atoms with E-state index in [-0.39, 0.29) is 12.4 Å². The van der Waals surface area contributed by atoms with Crippen LogP contribution in [0, 0.1) is 5.82 Å². The number of halogens is 1. The molecule has 0 radical (unpaired) electrons. The third kappa shape index (κ3) is 7.33. The van der Waals surface area contributed by atoms with Crippen LogP contribution in [-0.4, -0.2) is 32.4 Å². The van der Waals surface area contributed by atoms with Crippen molar-refractivity contribution in [3.8, 4) is 23.0 Å². The van der Waals surface area contributed by atoms with Crippen LogP contribution in [0.4, 0.5) is 4.39 Å². The molecule has 0 saturated carbocycles. The van der Waals surface area contributed by atoms with E-state index < -0.39 is 5.91 Å². The maximum Gasteiger partial charge on any atom is 0.271 e. The van der Waals surface area contributed by atoms with Gasteiger partial charge in [0.1, 0.15) is 19.0 Å². The SMILES string of the molecule is C=CCOc1ccc(C(=O)N/N=C/c2ccc(OCc3ccc(F)cc3)c(OC)c2)cc1OCC. The molecule has 182 valence electrons. The van der Waals surface area contributed by atoms with Crippen molar-refractivity contribution in [2.24, 2.45) is 5.10 Å². The van der Waals surface area contributed by atoms with Crippen molar-refractivity contribution < 1.29 is 28.1 Å². The Morgan fingerprint density at radius 3 is 2.43 bits per heavy atom. The minimum Gasteiger partial charge on any atom is -0.493 e. The van der Waals surface area contributed by atoms with Crippen LogP contribution in [0.25, 0.3) is 0 Å². The number of nitrogens with one attached hydrogen (secondary N) is 1. The number of nitrogens with zero attached hydrogens (tertiary/aromatic N) is 1. The molecule has 0 atom stereocenters. The highest BCUT2D eigenvalue weighted by molar-refractivity contribution is 5.95. The monoisotopic (exact) mass is 478 g/mol. The number of hydrogen-bond acceptors (Lipinski definition) is 6. The van der Waals surface area contributed by atoms with Crippen LogP contribution in [-0.2, 0) is 6.61 Å². The van der Waals surface area contributed by atoms with Gasteiger partial charge in [-0.1, -0.05) is 24.8 Å². The number of hydrogen-bond donors (Lipinski definition) is 1. The van der Waals surface area contributed by atoms with Crippen molar-refractivity contribution >= 4 is 12.1 Å². The molecule has 0 bridgehead atoms. The molecule has 0 heterocycles. The number of rotatable bonds is 12. The first-order chi connectivity index (χ1) is 17.0. The van der Waals surface area contributed by atoms with Gasteiger partial charge in [-0.25, -0.2) is 9.82 Å². The van der Waals surface area contributed by atoms with E-state index in [2.05, 4.69) is 17.1 Å². The lowest BCUT2D eigenvalue weighted by molar-refractivity contribution is 0.0954. The van der Waals surface area contributed by atoms with Gasteiger partial charge in [-0.15, -0.1) is 0 Å². The lowest BCUT2D eigenvalue weighted by atomic mass is 10.2. The molecule has 3 rings (SSSR count). The van der Waals surface area contributed by atoms with Crippen molar-refractivity contribution in [3.63, 3.8) is 0 Å². The second-order valence-corrected chi connectivity index (χ2v) is 7.22. The molecular formula is C27H27FN2O5. The Balaban J connectivity index is 1.63. The Morgan fingerprint density at radius 2 is 1.71 bits per heavy atom. The summed E-state index contributed by atoms with van der Waals surface area (Å²) in [5.41, 5.74) is 4.39. The highest BCUT2D eigenvalue weighted by atomic mass is 19.1. The second-order valence-electron chi connectivity index (χ2n) is 7.22. The van der Waals surface area contributed by atoms with E-state index in [4.69, 9.17) is 18.9 Å². The molecule has 0 fully saturated rings. The van der Waals surface area contributed by atoms with Crippen molar-refractivity contribution in [1.29, 1.82) is 0 Å². The van der Waals surface area contributed by atoms with E-state index in [9.17, 15) is 9.18 Å². The molecule has 8 heteroatoms. The van der Waals surface area contributed by atoms with Crippen LogP contribution in [0.5, 0.6) is 23.0 Å². The molecule has 3 aromatic rings. The summed E-state index contributed by atoms with van der Waals surface area (Å²) in [6.45, 7) is 6.50. The fourth-order valence-corrected chi connectivity index (χ4v) is 3.04. The molecule has 0 saturated heterocycles. The summed E-state index contributed by atoms with van der Waals surface area (Å²) in [6, 6.07) is 16.2. The Kier molecular flexibility index (Phi) is 9.24. The Morgan fingerprint density at radius 1 is 0.971 bits per heavy atom. The molecular weight excluding hydrogens is 451 g/mol. The largest absolute Gasteiger partial charge is 0.493 e. The van der Waals surface area contributed by atoms with Gasteiger partial charge in [-0.2, -0.15) is 5.10 Å². The normalized spacial score (nSPS) is 10.6. The van der Waals surface area contributed by atoms with Crippen LogP contribution in [0.15, 0.2) is 78.4 Å². The van der Waals surface area contributed by atoms with Crippen LogP contribution in [0.3, 0.4) is 0 Å². The van der Waals surface area contributed by atoms with Crippen molar-refractivity contribution in [2.45, 2.75) is 13.5 Å². The van der Waals surface area contributed by atoms with Gasteiger partial charge in [0.2, 0.25) is 0 Å². The Bertz CT molecular complexity index is 1180. The van der Waals surface area contributed by atoms with E-state index >= 15 is 0 Å². The fourth-order valence-electron chi connectivity index (χ4n) is 3.04. The van der Waals surface area contributed by atoms with E-state index in [1.165, 1.54) is 25.5 Å². The number of methoxy groups -OCH3 is 1. The predicted molar refractivity (Wildman–Crippen MR) is 132 cm³/mol. The van der Waals surface area contributed by atoms with Crippen LogP contribution in [0.2, 0.25) is 0 Å². The fraction of sp³-hybridized carbons (Fsp3) is 0.185.